The fraction of sp³-hybridized carbons (Fsp3) is 0.133. The Labute approximate surface area is 102 Å². The van der Waals surface area contributed by atoms with Crippen molar-refractivity contribution in [3.8, 4) is 5.75 Å². The molecule has 2 nitrogen and oxygen atoms in total. The van der Waals surface area contributed by atoms with Crippen molar-refractivity contribution in [3.63, 3.8) is 0 Å². The van der Waals surface area contributed by atoms with Crippen LogP contribution in [0.1, 0.15) is 19.4 Å². The molecule has 0 aliphatic heterocycles. The molecule has 0 unspecified atom stereocenters. The third kappa shape index (κ3) is 4.98. The molecule has 0 fully saturated rings. The molecule has 0 atom stereocenters. The first-order valence-electron chi connectivity index (χ1n) is 5.51. The van der Waals surface area contributed by atoms with E-state index in [0.717, 1.165) is 5.57 Å². The summed E-state index contributed by atoms with van der Waals surface area (Å²) in [5.41, 5.74) is 1.84. The van der Waals surface area contributed by atoms with Gasteiger partial charge >= 0.3 is 0 Å². The van der Waals surface area contributed by atoms with Crippen molar-refractivity contribution in [2.45, 2.75) is 13.8 Å². The van der Waals surface area contributed by atoms with Gasteiger partial charge in [-0.1, -0.05) is 30.4 Å². The first-order valence-corrected chi connectivity index (χ1v) is 5.51. The van der Waals surface area contributed by atoms with Crippen molar-refractivity contribution in [3.05, 3.63) is 65.9 Å². The van der Waals surface area contributed by atoms with Crippen LogP contribution in [0.4, 0.5) is 0 Å². The summed E-state index contributed by atoms with van der Waals surface area (Å²) in [4.78, 5) is 4.12. The number of benzene rings is 1. The minimum Gasteiger partial charge on any atom is -0.507 e. The van der Waals surface area contributed by atoms with Crippen molar-refractivity contribution >= 4 is 6.21 Å². The third-order valence-corrected chi connectivity index (χ3v) is 2.13. The van der Waals surface area contributed by atoms with Gasteiger partial charge in [-0.05, 0) is 37.6 Å². The number of rotatable bonds is 4. The van der Waals surface area contributed by atoms with Crippen LogP contribution in [-0.4, -0.2) is 11.3 Å². The Morgan fingerprint density at radius 2 is 2.06 bits per heavy atom. The molecular weight excluding hydrogens is 210 g/mol. The lowest BCUT2D eigenvalue weighted by molar-refractivity contribution is 0.474. The number of hydrogen-bond donors (Lipinski definition) is 1. The van der Waals surface area contributed by atoms with Gasteiger partial charge in [0.1, 0.15) is 5.75 Å². The van der Waals surface area contributed by atoms with Gasteiger partial charge < -0.3 is 5.11 Å². The van der Waals surface area contributed by atoms with Crippen molar-refractivity contribution in [1.29, 1.82) is 0 Å². The molecule has 17 heavy (non-hydrogen) atoms. The zero-order chi connectivity index (χ0) is 12.5. The zero-order valence-corrected chi connectivity index (χ0v) is 10.2. The molecule has 0 amide bonds. The van der Waals surface area contributed by atoms with E-state index in [-0.39, 0.29) is 5.75 Å². The van der Waals surface area contributed by atoms with Crippen molar-refractivity contribution in [2.75, 3.05) is 0 Å². The summed E-state index contributed by atoms with van der Waals surface area (Å²) < 4.78 is 0. The summed E-state index contributed by atoms with van der Waals surface area (Å²) in [6.45, 7) is 3.98. The molecule has 1 rings (SSSR count). The zero-order valence-electron chi connectivity index (χ0n) is 10.2. The summed E-state index contributed by atoms with van der Waals surface area (Å²) in [7, 11) is 0. The van der Waals surface area contributed by atoms with E-state index in [1.165, 1.54) is 0 Å². The molecule has 0 saturated carbocycles. The molecule has 0 aliphatic carbocycles. The number of phenols is 1. The van der Waals surface area contributed by atoms with E-state index < -0.39 is 0 Å². The molecule has 0 aromatic heterocycles. The number of aromatic hydroxyl groups is 1. The maximum absolute atomic E-state index is 9.50. The summed E-state index contributed by atoms with van der Waals surface area (Å²) in [6, 6.07) is 7.10. The smallest absolute Gasteiger partial charge is 0.124 e. The number of para-hydroxylation sites is 1. The van der Waals surface area contributed by atoms with Crippen LogP contribution in [0.2, 0.25) is 0 Å². The van der Waals surface area contributed by atoms with E-state index >= 15 is 0 Å². The molecule has 1 aromatic carbocycles. The molecule has 0 aliphatic rings. The minimum atomic E-state index is 0.242. The second-order valence-electron chi connectivity index (χ2n) is 3.59. The fourth-order valence-corrected chi connectivity index (χ4v) is 1.18. The molecular formula is C15H17NO. The van der Waals surface area contributed by atoms with Gasteiger partial charge in [0, 0.05) is 18.0 Å². The predicted molar refractivity (Wildman–Crippen MR) is 73.4 cm³/mol. The first-order chi connectivity index (χ1) is 8.24. The Kier molecular flexibility index (Phi) is 5.52. The highest BCUT2D eigenvalue weighted by molar-refractivity contribution is 5.83. The molecule has 1 N–H and O–H groups in total. The number of phenolic OH excluding ortho intramolecular Hbond substituents is 1. The van der Waals surface area contributed by atoms with Gasteiger partial charge in [-0.2, -0.15) is 0 Å². The lowest BCUT2D eigenvalue weighted by Gasteiger charge is -1.94. The lowest BCUT2D eigenvalue weighted by atomic mass is 10.2. The topological polar surface area (TPSA) is 32.6 Å². The highest BCUT2D eigenvalue weighted by Crippen LogP contribution is 2.12. The van der Waals surface area contributed by atoms with Crippen LogP contribution in [0.25, 0.3) is 0 Å². The van der Waals surface area contributed by atoms with E-state index in [2.05, 4.69) is 4.99 Å². The second kappa shape index (κ2) is 7.23. The van der Waals surface area contributed by atoms with Gasteiger partial charge in [0.2, 0.25) is 0 Å². The number of aliphatic imine (C=N–C) groups is 1. The van der Waals surface area contributed by atoms with Crippen LogP contribution in [0.5, 0.6) is 5.75 Å². The Morgan fingerprint density at radius 3 is 2.76 bits per heavy atom. The third-order valence-electron chi connectivity index (χ3n) is 2.13. The lowest BCUT2D eigenvalue weighted by Crippen LogP contribution is -1.79. The van der Waals surface area contributed by atoms with Crippen LogP contribution in [0.15, 0.2) is 65.3 Å². The average Bonchev–Trinajstić information content (AvgIpc) is 2.34. The van der Waals surface area contributed by atoms with Crippen LogP contribution in [0.3, 0.4) is 0 Å². The standard InChI is InChI=1S/C15H17NO/c1-3-4-7-13(2)10-11-16-12-14-8-5-6-9-15(14)17/h3-12,17H,1-2H3/b4-3+,11-10+,13-7-,16-12?. The maximum Gasteiger partial charge on any atom is 0.124 e. The molecule has 88 valence electrons. The Morgan fingerprint density at radius 1 is 1.29 bits per heavy atom. The van der Waals surface area contributed by atoms with Gasteiger partial charge in [-0.15, -0.1) is 0 Å². The van der Waals surface area contributed by atoms with Crippen molar-refractivity contribution in [2.24, 2.45) is 4.99 Å². The maximum atomic E-state index is 9.50. The van der Waals surface area contributed by atoms with E-state index in [0.29, 0.717) is 5.56 Å². The molecule has 0 spiro atoms. The van der Waals surface area contributed by atoms with Crippen LogP contribution in [-0.2, 0) is 0 Å². The highest BCUT2D eigenvalue weighted by Gasteiger charge is 1.92. The predicted octanol–water partition coefficient (Wildman–Crippen LogP) is 3.85. The molecule has 0 heterocycles. The van der Waals surface area contributed by atoms with Gasteiger partial charge in [0.25, 0.3) is 0 Å². The molecule has 0 saturated heterocycles. The van der Waals surface area contributed by atoms with Crippen LogP contribution in [0, 0.1) is 0 Å². The summed E-state index contributed by atoms with van der Waals surface area (Å²) in [5.74, 6) is 0.242. The highest BCUT2D eigenvalue weighted by atomic mass is 16.3. The quantitative estimate of drug-likeness (QED) is 0.615. The average molecular weight is 227 g/mol. The van der Waals surface area contributed by atoms with Crippen molar-refractivity contribution in [1.82, 2.24) is 0 Å². The van der Waals surface area contributed by atoms with Gasteiger partial charge in [-0.25, -0.2) is 0 Å². The van der Waals surface area contributed by atoms with Gasteiger partial charge in [0.15, 0.2) is 0 Å². The molecule has 2 heteroatoms. The Balaban J connectivity index is 2.62. The second-order valence-corrected chi connectivity index (χ2v) is 3.59. The fourth-order valence-electron chi connectivity index (χ4n) is 1.18. The number of allylic oxidation sites excluding steroid dienone is 5. The summed E-state index contributed by atoms with van der Waals surface area (Å²) >= 11 is 0. The summed E-state index contributed by atoms with van der Waals surface area (Å²) in [6.07, 6.45) is 11.2. The van der Waals surface area contributed by atoms with E-state index in [4.69, 9.17) is 0 Å². The monoisotopic (exact) mass is 227 g/mol. The van der Waals surface area contributed by atoms with E-state index in [9.17, 15) is 5.11 Å². The van der Waals surface area contributed by atoms with Gasteiger partial charge in [-0.3, -0.25) is 4.99 Å². The largest absolute Gasteiger partial charge is 0.507 e. The van der Waals surface area contributed by atoms with Crippen LogP contribution < -0.4 is 0 Å². The minimum absolute atomic E-state index is 0.242. The van der Waals surface area contributed by atoms with Crippen molar-refractivity contribution < 1.29 is 5.11 Å². The van der Waals surface area contributed by atoms with E-state index in [1.54, 1.807) is 24.5 Å². The van der Waals surface area contributed by atoms with E-state index in [1.807, 2.05) is 50.3 Å². The SMILES string of the molecule is C/C=C/C=C(C)\C=C\N=Cc1ccccc1O. The first kappa shape index (κ1) is 13.0. The summed E-state index contributed by atoms with van der Waals surface area (Å²) in [5, 5.41) is 9.50. The normalized spacial score (nSPS) is 13.2. The Bertz CT molecular complexity index is 468. The number of nitrogens with zero attached hydrogens (tertiary/aromatic N) is 1. The van der Waals surface area contributed by atoms with Crippen LogP contribution >= 0.6 is 0 Å². The molecule has 1 aromatic rings. The molecule has 0 bridgehead atoms. The van der Waals surface area contributed by atoms with Gasteiger partial charge in [0.05, 0.1) is 0 Å². The number of hydrogen-bond acceptors (Lipinski definition) is 2. The Hall–Kier alpha value is -2.09. The molecule has 0 radical (unpaired) electrons.